The Hall–Kier alpha value is -0.830. The van der Waals surface area contributed by atoms with Crippen molar-refractivity contribution in [3.63, 3.8) is 0 Å². The van der Waals surface area contributed by atoms with Crippen LogP contribution >= 0.6 is 0 Å². The van der Waals surface area contributed by atoms with Crippen LogP contribution in [-0.4, -0.2) is 27.2 Å². The zero-order valence-corrected chi connectivity index (χ0v) is 8.52. The van der Waals surface area contributed by atoms with E-state index in [4.69, 9.17) is 0 Å². The molecule has 0 unspecified atom stereocenters. The molecule has 0 aliphatic carbocycles. The fraction of sp³-hybridized carbons (Fsp3) is 0.833. The highest BCUT2D eigenvalue weighted by molar-refractivity contribution is 7.82. The number of halogens is 3. The van der Waals surface area contributed by atoms with Crippen molar-refractivity contribution in [2.75, 3.05) is 6.61 Å². The average molecular weight is 250 g/mol. The number of rotatable bonds is 5. The molecule has 0 N–H and O–H groups in total. The molecule has 0 aromatic heterocycles. The summed E-state index contributed by atoms with van der Waals surface area (Å²) in [6.07, 6.45) is -4.45. The van der Waals surface area contributed by atoms with Crippen LogP contribution in [0.1, 0.15) is 19.8 Å². The van der Waals surface area contributed by atoms with Gasteiger partial charge in [0.15, 0.2) is 0 Å². The highest BCUT2D eigenvalue weighted by Gasteiger charge is 2.44. The first-order valence-corrected chi connectivity index (χ1v) is 5.22. The van der Waals surface area contributed by atoms with Gasteiger partial charge in [0.1, 0.15) is 0 Å². The molecular formula is C6H9F3O5S. The van der Waals surface area contributed by atoms with Crippen molar-refractivity contribution in [2.45, 2.75) is 25.9 Å². The molecule has 0 heterocycles. The highest BCUT2D eigenvalue weighted by Crippen LogP contribution is 2.18. The van der Waals surface area contributed by atoms with Crippen LogP contribution in [0.4, 0.5) is 13.2 Å². The minimum absolute atomic E-state index is 0.322. The zero-order chi connectivity index (χ0) is 12.1. The summed E-state index contributed by atoms with van der Waals surface area (Å²) in [6.45, 7) is 1.39. The summed E-state index contributed by atoms with van der Waals surface area (Å²) in [4.78, 5) is 10.1. The van der Waals surface area contributed by atoms with Crippen molar-refractivity contribution < 1.29 is 34.7 Å². The first-order valence-electron chi connectivity index (χ1n) is 3.89. The molecule has 0 aromatic carbocycles. The van der Waals surface area contributed by atoms with E-state index in [0.29, 0.717) is 12.8 Å². The van der Waals surface area contributed by atoms with Crippen molar-refractivity contribution in [1.29, 1.82) is 0 Å². The van der Waals surface area contributed by atoms with Crippen LogP contribution < -0.4 is 0 Å². The Morgan fingerprint density at radius 3 is 2.27 bits per heavy atom. The van der Waals surface area contributed by atoms with Crippen molar-refractivity contribution in [2.24, 2.45) is 0 Å². The van der Waals surface area contributed by atoms with Crippen molar-refractivity contribution in [3.8, 4) is 0 Å². The first kappa shape index (κ1) is 14.2. The lowest BCUT2D eigenvalue weighted by molar-refractivity contribution is -0.189. The van der Waals surface area contributed by atoms with E-state index >= 15 is 0 Å². The van der Waals surface area contributed by atoms with Crippen molar-refractivity contribution in [1.82, 2.24) is 0 Å². The molecule has 0 aromatic rings. The SMILES string of the molecule is CCCCOS(=O)(=O)OC(=O)C(F)(F)F. The van der Waals surface area contributed by atoms with Crippen molar-refractivity contribution in [3.05, 3.63) is 0 Å². The van der Waals surface area contributed by atoms with E-state index in [2.05, 4.69) is 8.37 Å². The maximum atomic E-state index is 11.6. The molecule has 0 amide bonds. The topological polar surface area (TPSA) is 69.7 Å². The molecule has 90 valence electrons. The summed E-state index contributed by atoms with van der Waals surface area (Å²) in [6, 6.07) is 0. The number of hydrogen-bond donors (Lipinski definition) is 0. The van der Waals surface area contributed by atoms with Gasteiger partial charge in [0.05, 0.1) is 6.61 Å². The summed E-state index contributed by atoms with van der Waals surface area (Å²) in [5, 5.41) is 0. The predicted octanol–water partition coefficient (Wildman–Crippen LogP) is 1.15. The fourth-order valence-electron chi connectivity index (χ4n) is 0.469. The monoisotopic (exact) mass is 250 g/mol. The molecule has 0 atom stereocenters. The third-order valence-corrected chi connectivity index (χ3v) is 1.95. The van der Waals surface area contributed by atoms with E-state index < -0.39 is 22.5 Å². The number of carbonyl (C=O) groups excluding carboxylic acids is 1. The highest BCUT2D eigenvalue weighted by atomic mass is 32.3. The van der Waals surface area contributed by atoms with Crippen LogP contribution in [0, 0.1) is 0 Å². The lowest BCUT2D eigenvalue weighted by atomic mass is 10.4. The second-order valence-electron chi connectivity index (χ2n) is 2.45. The lowest BCUT2D eigenvalue weighted by Gasteiger charge is -2.06. The maximum Gasteiger partial charge on any atom is 0.492 e. The third kappa shape index (κ3) is 6.28. The van der Waals surface area contributed by atoms with E-state index in [9.17, 15) is 26.4 Å². The number of carbonyl (C=O) groups is 1. The Balaban J connectivity index is 4.22. The van der Waals surface area contributed by atoms with Gasteiger partial charge in [-0.25, -0.2) is 8.98 Å². The quantitative estimate of drug-likeness (QED) is 0.684. The number of unbranched alkanes of at least 4 members (excludes halogenated alkanes) is 1. The molecule has 5 nitrogen and oxygen atoms in total. The van der Waals surface area contributed by atoms with E-state index in [0.717, 1.165) is 0 Å². The molecule has 0 radical (unpaired) electrons. The smallest absolute Gasteiger partial charge is 0.316 e. The Bertz CT molecular complexity index is 307. The van der Waals surface area contributed by atoms with Gasteiger partial charge in [0.2, 0.25) is 0 Å². The van der Waals surface area contributed by atoms with Gasteiger partial charge in [-0.15, -0.1) is 0 Å². The van der Waals surface area contributed by atoms with Crippen LogP contribution in [0.2, 0.25) is 0 Å². The predicted molar refractivity (Wildman–Crippen MR) is 41.9 cm³/mol. The minimum atomic E-state index is -5.36. The largest absolute Gasteiger partial charge is 0.492 e. The summed E-state index contributed by atoms with van der Waals surface area (Å²) < 4.78 is 63.0. The molecule has 0 spiro atoms. The molecule has 15 heavy (non-hydrogen) atoms. The van der Waals surface area contributed by atoms with E-state index in [1.807, 2.05) is 0 Å². The van der Waals surface area contributed by atoms with Gasteiger partial charge >= 0.3 is 22.5 Å². The molecule has 0 aliphatic rings. The second-order valence-corrected chi connectivity index (χ2v) is 3.67. The third-order valence-electron chi connectivity index (χ3n) is 1.13. The molecule has 0 bridgehead atoms. The van der Waals surface area contributed by atoms with Crippen LogP contribution in [0.5, 0.6) is 0 Å². The van der Waals surface area contributed by atoms with Gasteiger partial charge in [-0.3, -0.25) is 0 Å². The van der Waals surface area contributed by atoms with Gasteiger partial charge in [0.25, 0.3) is 0 Å². The standard InChI is InChI=1S/C6H9F3O5S/c1-2-3-4-13-15(11,12)14-5(10)6(7,8)9/h2-4H2,1H3. The number of alkyl halides is 3. The lowest BCUT2D eigenvalue weighted by Crippen LogP contribution is -2.29. The van der Waals surface area contributed by atoms with E-state index in [1.54, 1.807) is 6.92 Å². The van der Waals surface area contributed by atoms with E-state index in [-0.39, 0.29) is 6.61 Å². The zero-order valence-electron chi connectivity index (χ0n) is 7.70. The van der Waals surface area contributed by atoms with Gasteiger partial charge in [0, 0.05) is 0 Å². The van der Waals surface area contributed by atoms with Crippen molar-refractivity contribution >= 4 is 16.4 Å². The average Bonchev–Trinajstić information content (AvgIpc) is 2.01. The summed E-state index contributed by atoms with van der Waals surface area (Å²) in [5.74, 6) is -2.82. The van der Waals surface area contributed by atoms with Crippen LogP contribution in [0.3, 0.4) is 0 Å². The van der Waals surface area contributed by atoms with Crippen LogP contribution in [0.25, 0.3) is 0 Å². The molecular weight excluding hydrogens is 241 g/mol. The molecule has 0 rings (SSSR count). The van der Waals surface area contributed by atoms with Crippen LogP contribution in [0.15, 0.2) is 0 Å². The van der Waals surface area contributed by atoms with Gasteiger partial charge in [-0.05, 0) is 6.42 Å². The second kappa shape index (κ2) is 5.31. The molecule has 0 aliphatic heterocycles. The molecule has 9 heteroatoms. The number of hydrogen-bond acceptors (Lipinski definition) is 5. The Morgan fingerprint density at radius 1 is 1.33 bits per heavy atom. The minimum Gasteiger partial charge on any atom is -0.316 e. The van der Waals surface area contributed by atoms with Gasteiger partial charge in [-0.2, -0.15) is 21.6 Å². The molecule has 0 saturated heterocycles. The van der Waals surface area contributed by atoms with Gasteiger partial charge in [-0.1, -0.05) is 13.3 Å². The Kier molecular flexibility index (Phi) is 5.01. The normalized spacial score (nSPS) is 12.5. The maximum absolute atomic E-state index is 11.6. The molecule has 0 fully saturated rings. The Labute approximate surface area is 84.5 Å². The summed E-state index contributed by atoms with van der Waals surface area (Å²) >= 11 is 0. The summed E-state index contributed by atoms with van der Waals surface area (Å²) in [5.41, 5.74) is 0. The summed E-state index contributed by atoms with van der Waals surface area (Å²) in [7, 11) is -4.91. The fourth-order valence-corrected chi connectivity index (χ4v) is 1.12. The van der Waals surface area contributed by atoms with Crippen LogP contribution in [-0.2, 0) is 23.6 Å². The molecule has 0 saturated carbocycles. The Morgan fingerprint density at radius 2 is 1.87 bits per heavy atom. The first-order chi connectivity index (χ1) is 6.69. The van der Waals surface area contributed by atoms with Gasteiger partial charge < -0.3 is 4.18 Å². The van der Waals surface area contributed by atoms with E-state index in [1.165, 1.54) is 0 Å².